The van der Waals surface area contributed by atoms with E-state index in [1.54, 1.807) is 0 Å². The zero-order valence-corrected chi connectivity index (χ0v) is 11.8. The van der Waals surface area contributed by atoms with Crippen LogP contribution >= 0.6 is 0 Å². The summed E-state index contributed by atoms with van der Waals surface area (Å²) >= 11 is 0. The summed E-state index contributed by atoms with van der Waals surface area (Å²) in [7, 11) is 4.15. The molecule has 0 aromatic heterocycles. The molecule has 0 bridgehead atoms. The molecule has 0 amide bonds. The van der Waals surface area contributed by atoms with Gasteiger partial charge in [0.25, 0.3) is 0 Å². The highest BCUT2D eigenvalue weighted by Crippen LogP contribution is 2.28. The van der Waals surface area contributed by atoms with Crippen LogP contribution in [0.4, 0.5) is 5.69 Å². The molecular weight excluding hydrogens is 208 g/mol. The number of hydrogen-bond acceptors (Lipinski definition) is 2. The van der Waals surface area contributed by atoms with Crippen molar-refractivity contribution in [1.29, 1.82) is 0 Å². The summed E-state index contributed by atoms with van der Waals surface area (Å²) in [4.78, 5) is 2.15. The SMILES string of the molecule is Cc1ccc(C(N)CCC(C)C)c(N(C)C)c1. The Hall–Kier alpha value is -1.02. The average Bonchev–Trinajstić information content (AvgIpc) is 2.25. The van der Waals surface area contributed by atoms with Crippen LogP contribution in [0.25, 0.3) is 0 Å². The van der Waals surface area contributed by atoms with E-state index in [2.05, 4.69) is 58.0 Å². The maximum Gasteiger partial charge on any atom is 0.0412 e. The van der Waals surface area contributed by atoms with Crippen LogP contribution in [0.3, 0.4) is 0 Å². The van der Waals surface area contributed by atoms with Crippen LogP contribution < -0.4 is 10.6 Å². The van der Waals surface area contributed by atoms with Crippen molar-refractivity contribution in [2.45, 2.75) is 39.7 Å². The highest BCUT2D eigenvalue weighted by atomic mass is 15.1. The third kappa shape index (κ3) is 4.04. The minimum absolute atomic E-state index is 0.149. The van der Waals surface area contributed by atoms with E-state index in [4.69, 9.17) is 5.73 Å². The van der Waals surface area contributed by atoms with Crippen LogP contribution in [0.2, 0.25) is 0 Å². The van der Waals surface area contributed by atoms with Crippen molar-refractivity contribution in [3.8, 4) is 0 Å². The Morgan fingerprint density at radius 1 is 1.18 bits per heavy atom. The van der Waals surface area contributed by atoms with E-state index in [0.29, 0.717) is 5.92 Å². The first kappa shape index (κ1) is 14.0. The Morgan fingerprint density at radius 3 is 2.35 bits per heavy atom. The lowest BCUT2D eigenvalue weighted by molar-refractivity contribution is 0.507. The number of anilines is 1. The molecule has 1 atom stereocenters. The number of aryl methyl sites for hydroxylation is 1. The van der Waals surface area contributed by atoms with Gasteiger partial charge in [-0.15, -0.1) is 0 Å². The van der Waals surface area contributed by atoms with Crippen LogP contribution in [0.5, 0.6) is 0 Å². The van der Waals surface area contributed by atoms with Crippen molar-refractivity contribution < 1.29 is 0 Å². The lowest BCUT2D eigenvalue weighted by atomic mass is 9.96. The van der Waals surface area contributed by atoms with Gasteiger partial charge >= 0.3 is 0 Å². The van der Waals surface area contributed by atoms with Gasteiger partial charge in [0, 0.05) is 25.8 Å². The fourth-order valence-electron chi connectivity index (χ4n) is 2.02. The second kappa shape index (κ2) is 6.06. The molecule has 0 spiro atoms. The quantitative estimate of drug-likeness (QED) is 0.845. The summed E-state index contributed by atoms with van der Waals surface area (Å²) in [6.07, 6.45) is 2.24. The van der Waals surface area contributed by atoms with Crippen molar-refractivity contribution >= 4 is 5.69 Å². The second-order valence-electron chi connectivity index (χ2n) is 5.53. The Balaban J connectivity index is 2.88. The lowest BCUT2D eigenvalue weighted by Gasteiger charge is -2.22. The molecule has 96 valence electrons. The molecule has 2 N–H and O–H groups in total. The molecule has 0 heterocycles. The normalized spacial score (nSPS) is 12.9. The van der Waals surface area contributed by atoms with E-state index >= 15 is 0 Å². The minimum atomic E-state index is 0.149. The Labute approximate surface area is 106 Å². The fraction of sp³-hybridized carbons (Fsp3) is 0.600. The molecule has 17 heavy (non-hydrogen) atoms. The molecule has 1 unspecified atom stereocenters. The van der Waals surface area contributed by atoms with Gasteiger partial charge in [-0.2, -0.15) is 0 Å². The molecule has 0 radical (unpaired) electrons. The summed E-state index contributed by atoms with van der Waals surface area (Å²) in [5.41, 5.74) is 10.1. The molecule has 1 aromatic carbocycles. The van der Waals surface area contributed by atoms with Gasteiger partial charge in [0.2, 0.25) is 0 Å². The molecule has 2 nitrogen and oxygen atoms in total. The van der Waals surface area contributed by atoms with E-state index in [1.165, 1.54) is 23.2 Å². The van der Waals surface area contributed by atoms with Crippen molar-refractivity contribution in [2.75, 3.05) is 19.0 Å². The van der Waals surface area contributed by atoms with Crippen LogP contribution in [0, 0.1) is 12.8 Å². The topological polar surface area (TPSA) is 29.3 Å². The fourth-order valence-corrected chi connectivity index (χ4v) is 2.02. The smallest absolute Gasteiger partial charge is 0.0412 e. The maximum absolute atomic E-state index is 6.31. The van der Waals surface area contributed by atoms with E-state index in [-0.39, 0.29) is 6.04 Å². The van der Waals surface area contributed by atoms with Crippen molar-refractivity contribution in [3.05, 3.63) is 29.3 Å². The van der Waals surface area contributed by atoms with Crippen LogP contribution in [0.1, 0.15) is 43.9 Å². The predicted molar refractivity (Wildman–Crippen MR) is 76.5 cm³/mol. The van der Waals surface area contributed by atoms with Gasteiger partial charge in [0.1, 0.15) is 0 Å². The first-order chi connectivity index (χ1) is 7.91. The zero-order valence-electron chi connectivity index (χ0n) is 11.8. The minimum Gasteiger partial charge on any atom is -0.377 e. The summed E-state index contributed by atoms with van der Waals surface area (Å²) in [6, 6.07) is 6.69. The van der Waals surface area contributed by atoms with Gasteiger partial charge < -0.3 is 10.6 Å². The summed E-state index contributed by atoms with van der Waals surface area (Å²) in [5.74, 6) is 0.717. The molecule has 0 saturated carbocycles. The van der Waals surface area contributed by atoms with Gasteiger partial charge in [-0.25, -0.2) is 0 Å². The van der Waals surface area contributed by atoms with E-state index in [1.807, 2.05) is 0 Å². The number of nitrogens with two attached hydrogens (primary N) is 1. The number of benzene rings is 1. The van der Waals surface area contributed by atoms with Crippen LogP contribution in [-0.4, -0.2) is 14.1 Å². The molecule has 0 fully saturated rings. The number of rotatable bonds is 5. The zero-order chi connectivity index (χ0) is 13.0. The monoisotopic (exact) mass is 234 g/mol. The number of nitrogens with zero attached hydrogens (tertiary/aromatic N) is 1. The first-order valence-corrected chi connectivity index (χ1v) is 6.45. The van der Waals surface area contributed by atoms with Crippen molar-refractivity contribution in [3.63, 3.8) is 0 Å². The van der Waals surface area contributed by atoms with Gasteiger partial charge in [-0.05, 0) is 42.9 Å². The van der Waals surface area contributed by atoms with Crippen molar-refractivity contribution in [1.82, 2.24) is 0 Å². The Morgan fingerprint density at radius 2 is 1.82 bits per heavy atom. The molecule has 2 heteroatoms. The third-order valence-electron chi connectivity index (χ3n) is 3.12. The van der Waals surface area contributed by atoms with Gasteiger partial charge in [0.05, 0.1) is 0 Å². The Bertz CT molecular complexity index is 356. The third-order valence-corrected chi connectivity index (χ3v) is 3.12. The summed E-state index contributed by atoms with van der Waals surface area (Å²) in [5, 5.41) is 0. The molecule has 0 saturated heterocycles. The molecular formula is C15H26N2. The molecule has 1 rings (SSSR count). The molecule has 0 aliphatic heterocycles. The number of hydrogen-bond donors (Lipinski definition) is 1. The van der Waals surface area contributed by atoms with Crippen molar-refractivity contribution in [2.24, 2.45) is 11.7 Å². The molecule has 0 aliphatic rings. The average molecular weight is 234 g/mol. The standard InChI is InChI=1S/C15H26N2/c1-11(2)6-9-14(16)13-8-7-12(3)10-15(13)17(4)5/h7-8,10-11,14H,6,9,16H2,1-5H3. The highest BCUT2D eigenvalue weighted by molar-refractivity contribution is 5.55. The second-order valence-corrected chi connectivity index (χ2v) is 5.53. The first-order valence-electron chi connectivity index (χ1n) is 6.45. The predicted octanol–water partition coefficient (Wildman–Crippen LogP) is 3.50. The molecule has 0 aliphatic carbocycles. The highest BCUT2D eigenvalue weighted by Gasteiger charge is 2.13. The Kier molecular flexibility index (Phi) is 5.01. The van der Waals surface area contributed by atoms with E-state index in [9.17, 15) is 0 Å². The van der Waals surface area contributed by atoms with E-state index < -0.39 is 0 Å². The maximum atomic E-state index is 6.31. The summed E-state index contributed by atoms with van der Waals surface area (Å²) < 4.78 is 0. The van der Waals surface area contributed by atoms with Crippen LogP contribution in [0.15, 0.2) is 18.2 Å². The van der Waals surface area contributed by atoms with Gasteiger partial charge in [-0.3, -0.25) is 0 Å². The van der Waals surface area contributed by atoms with Crippen LogP contribution in [-0.2, 0) is 0 Å². The lowest BCUT2D eigenvalue weighted by Crippen LogP contribution is -2.18. The largest absolute Gasteiger partial charge is 0.377 e. The van der Waals surface area contributed by atoms with E-state index in [0.717, 1.165) is 6.42 Å². The van der Waals surface area contributed by atoms with Gasteiger partial charge in [-0.1, -0.05) is 26.0 Å². The summed E-state index contributed by atoms with van der Waals surface area (Å²) in [6.45, 7) is 6.61. The van der Waals surface area contributed by atoms with Gasteiger partial charge in [0.15, 0.2) is 0 Å². The molecule has 1 aromatic rings.